The quantitative estimate of drug-likeness (QED) is 0.591. The van der Waals surface area contributed by atoms with Crippen LogP contribution in [0.15, 0.2) is 0 Å². The number of sulfonamides is 1. The van der Waals surface area contributed by atoms with Crippen molar-refractivity contribution in [2.24, 2.45) is 5.92 Å². The second-order valence-electron chi connectivity index (χ2n) is 3.98. The van der Waals surface area contributed by atoms with Gasteiger partial charge in [0.2, 0.25) is 10.0 Å². The average Bonchev–Trinajstić information content (AvgIpc) is 2.25. The first-order chi connectivity index (χ1) is 7.84. The van der Waals surface area contributed by atoms with Crippen molar-refractivity contribution in [2.75, 3.05) is 19.5 Å². The van der Waals surface area contributed by atoms with Gasteiger partial charge in [0.1, 0.15) is 6.04 Å². The first-order valence-corrected chi connectivity index (χ1v) is 7.21. The zero-order valence-electron chi connectivity index (χ0n) is 10.5. The van der Waals surface area contributed by atoms with Crippen molar-refractivity contribution in [3.8, 4) is 0 Å². The lowest BCUT2D eigenvalue weighted by atomic mass is 10.0. The number of hydrogen-bond donors (Lipinski definition) is 2. The normalized spacial score (nSPS) is 15.5. The maximum Gasteiger partial charge on any atom is 0.322 e. The molecule has 0 aromatic carbocycles. The summed E-state index contributed by atoms with van der Waals surface area (Å²) in [6, 6.07) is -1.06. The summed E-state index contributed by atoms with van der Waals surface area (Å²) in [6.07, 6.45) is 0.941. The number of aliphatic carboxylic acids is 1. The van der Waals surface area contributed by atoms with Gasteiger partial charge in [0, 0.05) is 13.7 Å². The maximum absolute atomic E-state index is 11.6. The fourth-order valence-corrected chi connectivity index (χ4v) is 2.63. The molecule has 0 rings (SSSR count). The molecule has 0 aliphatic heterocycles. The van der Waals surface area contributed by atoms with Crippen LogP contribution in [0.5, 0.6) is 0 Å². The molecule has 2 atom stereocenters. The molecule has 0 saturated heterocycles. The van der Waals surface area contributed by atoms with Crippen LogP contribution in [0.1, 0.15) is 26.7 Å². The third-order valence-electron chi connectivity index (χ3n) is 2.55. The third kappa shape index (κ3) is 6.60. The van der Waals surface area contributed by atoms with Gasteiger partial charge in [-0.3, -0.25) is 4.79 Å². The monoisotopic (exact) mass is 267 g/mol. The first-order valence-electron chi connectivity index (χ1n) is 5.55. The first kappa shape index (κ1) is 16.3. The highest BCUT2D eigenvalue weighted by Crippen LogP contribution is 2.09. The number of rotatable bonds is 9. The van der Waals surface area contributed by atoms with Gasteiger partial charge in [-0.2, -0.15) is 0 Å². The standard InChI is InChI=1S/C10H21NO5S/c1-4-8(2)9(10(12)13)11-17(14,15)7-5-6-16-3/h8-9,11H,4-7H2,1-3H3,(H,12,13). The van der Waals surface area contributed by atoms with Crippen LogP contribution in [0.2, 0.25) is 0 Å². The number of ether oxygens (including phenoxy) is 1. The molecule has 7 heteroatoms. The van der Waals surface area contributed by atoms with E-state index < -0.39 is 22.0 Å². The van der Waals surface area contributed by atoms with Crippen molar-refractivity contribution in [3.05, 3.63) is 0 Å². The Balaban J connectivity index is 4.48. The molecule has 2 unspecified atom stereocenters. The van der Waals surface area contributed by atoms with Gasteiger partial charge < -0.3 is 9.84 Å². The molecule has 0 saturated carbocycles. The molecular formula is C10H21NO5S. The van der Waals surface area contributed by atoms with E-state index in [0.29, 0.717) is 19.4 Å². The van der Waals surface area contributed by atoms with Crippen molar-refractivity contribution < 1.29 is 23.1 Å². The Morgan fingerprint density at radius 1 is 1.47 bits per heavy atom. The highest BCUT2D eigenvalue weighted by molar-refractivity contribution is 7.89. The minimum absolute atomic E-state index is 0.124. The predicted octanol–water partition coefficient (Wildman–Crippen LogP) is 0.442. The number of hydrogen-bond acceptors (Lipinski definition) is 4. The molecular weight excluding hydrogens is 246 g/mol. The van der Waals surface area contributed by atoms with E-state index >= 15 is 0 Å². The molecule has 2 N–H and O–H groups in total. The zero-order chi connectivity index (χ0) is 13.5. The third-order valence-corrected chi connectivity index (χ3v) is 3.99. The minimum atomic E-state index is -3.56. The number of carboxylic acids is 1. The van der Waals surface area contributed by atoms with Gasteiger partial charge in [0.05, 0.1) is 5.75 Å². The van der Waals surface area contributed by atoms with E-state index in [0.717, 1.165) is 0 Å². The Morgan fingerprint density at radius 3 is 2.47 bits per heavy atom. The molecule has 102 valence electrons. The molecule has 0 heterocycles. The fourth-order valence-electron chi connectivity index (χ4n) is 1.29. The molecule has 17 heavy (non-hydrogen) atoms. The molecule has 0 fully saturated rings. The van der Waals surface area contributed by atoms with Gasteiger partial charge >= 0.3 is 5.97 Å². The van der Waals surface area contributed by atoms with Crippen LogP contribution in [-0.4, -0.2) is 45.0 Å². The summed E-state index contributed by atoms with van der Waals surface area (Å²) in [7, 11) is -2.08. The van der Waals surface area contributed by atoms with Crippen LogP contribution in [0.4, 0.5) is 0 Å². The maximum atomic E-state index is 11.6. The van der Waals surface area contributed by atoms with Crippen LogP contribution in [0.3, 0.4) is 0 Å². The summed E-state index contributed by atoms with van der Waals surface area (Å²) in [4.78, 5) is 11.0. The van der Waals surface area contributed by atoms with E-state index in [4.69, 9.17) is 9.84 Å². The van der Waals surface area contributed by atoms with E-state index in [9.17, 15) is 13.2 Å². The lowest BCUT2D eigenvalue weighted by Gasteiger charge is -2.19. The molecule has 0 aliphatic carbocycles. The molecule has 0 aliphatic rings. The Morgan fingerprint density at radius 2 is 2.06 bits per heavy atom. The largest absolute Gasteiger partial charge is 0.480 e. The second kappa shape index (κ2) is 7.62. The fraction of sp³-hybridized carbons (Fsp3) is 0.900. The lowest BCUT2D eigenvalue weighted by molar-refractivity contribution is -0.140. The summed E-state index contributed by atoms with van der Waals surface area (Å²) < 4.78 is 30.2. The van der Waals surface area contributed by atoms with Gasteiger partial charge in [-0.1, -0.05) is 20.3 Å². The zero-order valence-corrected chi connectivity index (χ0v) is 11.3. The summed E-state index contributed by atoms with van der Waals surface area (Å²) in [5.41, 5.74) is 0. The Kier molecular flexibility index (Phi) is 7.33. The summed E-state index contributed by atoms with van der Waals surface area (Å²) in [5, 5.41) is 8.96. The predicted molar refractivity (Wildman–Crippen MR) is 64.3 cm³/mol. The topological polar surface area (TPSA) is 92.7 Å². The van der Waals surface area contributed by atoms with Crippen LogP contribution >= 0.6 is 0 Å². The van der Waals surface area contributed by atoms with E-state index in [1.54, 1.807) is 6.92 Å². The van der Waals surface area contributed by atoms with Crippen LogP contribution in [0, 0.1) is 5.92 Å². The van der Waals surface area contributed by atoms with Gasteiger partial charge in [-0.05, 0) is 12.3 Å². The SMILES string of the molecule is CCC(C)C(NS(=O)(=O)CCCOC)C(=O)O. The summed E-state index contributed by atoms with van der Waals surface area (Å²) in [5.74, 6) is -1.51. The molecule has 0 bridgehead atoms. The highest BCUT2D eigenvalue weighted by atomic mass is 32.2. The Hall–Kier alpha value is -0.660. The van der Waals surface area contributed by atoms with Crippen molar-refractivity contribution in [1.29, 1.82) is 0 Å². The molecule has 0 amide bonds. The Labute approximate surface area is 102 Å². The van der Waals surface area contributed by atoms with Gasteiger partial charge in [-0.25, -0.2) is 13.1 Å². The van der Waals surface area contributed by atoms with E-state index in [1.165, 1.54) is 7.11 Å². The average molecular weight is 267 g/mol. The van der Waals surface area contributed by atoms with Gasteiger partial charge in [-0.15, -0.1) is 0 Å². The second-order valence-corrected chi connectivity index (χ2v) is 5.86. The van der Waals surface area contributed by atoms with E-state index in [-0.39, 0.29) is 11.7 Å². The Bertz CT molecular complexity index is 328. The number of methoxy groups -OCH3 is 1. The van der Waals surface area contributed by atoms with Gasteiger partial charge in [0.15, 0.2) is 0 Å². The molecule has 0 aromatic heterocycles. The molecule has 6 nitrogen and oxygen atoms in total. The van der Waals surface area contributed by atoms with E-state index in [2.05, 4.69) is 4.72 Å². The van der Waals surface area contributed by atoms with Crippen molar-refractivity contribution in [1.82, 2.24) is 4.72 Å². The smallest absolute Gasteiger partial charge is 0.322 e. The number of nitrogens with one attached hydrogen (secondary N) is 1. The lowest BCUT2D eigenvalue weighted by Crippen LogP contribution is -2.45. The van der Waals surface area contributed by atoms with Crippen LogP contribution < -0.4 is 4.72 Å². The van der Waals surface area contributed by atoms with Crippen LogP contribution in [-0.2, 0) is 19.6 Å². The highest BCUT2D eigenvalue weighted by Gasteiger charge is 2.27. The number of carboxylic acid groups (broad SMARTS) is 1. The van der Waals surface area contributed by atoms with E-state index in [1.807, 2.05) is 6.92 Å². The van der Waals surface area contributed by atoms with Crippen LogP contribution in [0.25, 0.3) is 0 Å². The summed E-state index contributed by atoms with van der Waals surface area (Å²) >= 11 is 0. The summed E-state index contributed by atoms with van der Waals surface area (Å²) in [6.45, 7) is 3.86. The van der Waals surface area contributed by atoms with Crippen molar-refractivity contribution in [2.45, 2.75) is 32.7 Å². The minimum Gasteiger partial charge on any atom is -0.480 e. The molecule has 0 spiro atoms. The molecule has 0 radical (unpaired) electrons. The van der Waals surface area contributed by atoms with Crippen molar-refractivity contribution >= 4 is 16.0 Å². The van der Waals surface area contributed by atoms with Gasteiger partial charge in [0.25, 0.3) is 0 Å². The number of carbonyl (C=O) groups is 1. The van der Waals surface area contributed by atoms with Crippen molar-refractivity contribution in [3.63, 3.8) is 0 Å². The molecule has 0 aromatic rings.